The lowest BCUT2D eigenvalue weighted by molar-refractivity contribution is -0.146. The van der Waals surface area contributed by atoms with Gasteiger partial charge in [-0.1, -0.05) is 6.92 Å². The van der Waals surface area contributed by atoms with Crippen LogP contribution < -0.4 is 0 Å². The molecule has 1 saturated heterocycles. The maximum Gasteiger partial charge on any atom is 0.224 e. The fourth-order valence-electron chi connectivity index (χ4n) is 1.21. The minimum absolute atomic E-state index is 0.0475. The number of carbonyl (C=O) groups excluding carboxylic acids is 1. The van der Waals surface area contributed by atoms with E-state index in [4.69, 9.17) is 0 Å². The topological polar surface area (TPSA) is 40.5 Å². The summed E-state index contributed by atoms with van der Waals surface area (Å²) >= 11 is 0. The van der Waals surface area contributed by atoms with Gasteiger partial charge in [-0.05, 0) is 12.3 Å². The van der Waals surface area contributed by atoms with Crippen molar-refractivity contribution in [3.63, 3.8) is 0 Å². The second-order valence-electron chi connectivity index (χ2n) is 3.03. The van der Waals surface area contributed by atoms with Crippen LogP contribution in [0.5, 0.6) is 0 Å². The molecule has 10 heavy (non-hydrogen) atoms. The molecular formula is C7H13NO2. The molecule has 1 aliphatic heterocycles. The highest BCUT2D eigenvalue weighted by molar-refractivity contribution is 5.77. The summed E-state index contributed by atoms with van der Waals surface area (Å²) in [7, 11) is 1.64. The molecule has 0 saturated carbocycles. The zero-order valence-corrected chi connectivity index (χ0v) is 6.37. The zero-order chi connectivity index (χ0) is 7.72. The van der Waals surface area contributed by atoms with Crippen LogP contribution in [0, 0.1) is 5.92 Å². The van der Waals surface area contributed by atoms with E-state index in [-0.39, 0.29) is 5.91 Å². The maximum absolute atomic E-state index is 11.0. The van der Waals surface area contributed by atoms with Crippen molar-refractivity contribution in [1.82, 2.24) is 4.90 Å². The average molecular weight is 143 g/mol. The van der Waals surface area contributed by atoms with Gasteiger partial charge in [-0.25, -0.2) is 0 Å². The normalized spacial score (nSPS) is 34.7. The van der Waals surface area contributed by atoms with E-state index in [2.05, 4.69) is 0 Å². The number of amides is 1. The maximum atomic E-state index is 11.0. The van der Waals surface area contributed by atoms with Crippen LogP contribution in [0.1, 0.15) is 19.8 Å². The average Bonchev–Trinajstić information content (AvgIpc) is 1.82. The van der Waals surface area contributed by atoms with E-state index < -0.39 is 6.23 Å². The summed E-state index contributed by atoms with van der Waals surface area (Å²) < 4.78 is 0. The number of rotatable bonds is 0. The van der Waals surface area contributed by atoms with Crippen molar-refractivity contribution >= 4 is 5.91 Å². The molecule has 0 aromatic heterocycles. The van der Waals surface area contributed by atoms with Crippen LogP contribution in [0.2, 0.25) is 0 Å². The predicted molar refractivity (Wildman–Crippen MR) is 37.2 cm³/mol. The number of piperidine rings is 1. The quantitative estimate of drug-likeness (QED) is 0.526. The fraction of sp³-hybridized carbons (Fsp3) is 0.857. The molecule has 0 aromatic rings. The van der Waals surface area contributed by atoms with Crippen LogP contribution in [0.25, 0.3) is 0 Å². The molecule has 0 bridgehead atoms. The molecule has 0 aliphatic carbocycles. The van der Waals surface area contributed by atoms with Gasteiger partial charge in [-0.2, -0.15) is 0 Å². The number of likely N-dealkylation sites (tertiary alicyclic amines) is 1. The monoisotopic (exact) mass is 143 g/mol. The highest BCUT2D eigenvalue weighted by Gasteiger charge is 2.26. The van der Waals surface area contributed by atoms with Gasteiger partial charge in [0.25, 0.3) is 0 Å². The fourth-order valence-corrected chi connectivity index (χ4v) is 1.21. The molecule has 1 fully saturated rings. The van der Waals surface area contributed by atoms with Crippen LogP contribution in [-0.2, 0) is 4.79 Å². The van der Waals surface area contributed by atoms with Gasteiger partial charge in [0.15, 0.2) is 0 Å². The minimum Gasteiger partial charge on any atom is -0.374 e. The second-order valence-corrected chi connectivity index (χ2v) is 3.03. The molecule has 3 heteroatoms. The number of aliphatic hydroxyl groups is 1. The van der Waals surface area contributed by atoms with E-state index in [1.807, 2.05) is 6.92 Å². The molecule has 2 atom stereocenters. The second kappa shape index (κ2) is 2.58. The Morgan fingerprint density at radius 2 is 2.30 bits per heavy atom. The first-order valence-electron chi connectivity index (χ1n) is 3.55. The van der Waals surface area contributed by atoms with Crippen molar-refractivity contribution in [2.45, 2.75) is 26.0 Å². The SMILES string of the molecule is CC1CC(=O)N(C)C(O)C1. The van der Waals surface area contributed by atoms with E-state index in [9.17, 15) is 9.90 Å². The molecular weight excluding hydrogens is 130 g/mol. The van der Waals surface area contributed by atoms with Gasteiger partial charge in [0.05, 0.1) is 0 Å². The lowest BCUT2D eigenvalue weighted by atomic mass is 9.98. The highest BCUT2D eigenvalue weighted by atomic mass is 16.3. The standard InChI is InChI=1S/C7H13NO2/c1-5-3-6(9)8(2)7(10)4-5/h5-6,9H,3-4H2,1-2H3. The molecule has 2 unspecified atom stereocenters. The Hall–Kier alpha value is -0.570. The third kappa shape index (κ3) is 1.29. The molecule has 0 aromatic carbocycles. The third-order valence-corrected chi connectivity index (χ3v) is 1.98. The first kappa shape index (κ1) is 7.54. The van der Waals surface area contributed by atoms with Crippen molar-refractivity contribution < 1.29 is 9.90 Å². The number of hydrogen-bond donors (Lipinski definition) is 1. The lowest BCUT2D eigenvalue weighted by Gasteiger charge is -2.31. The van der Waals surface area contributed by atoms with E-state index >= 15 is 0 Å². The summed E-state index contributed by atoms with van der Waals surface area (Å²) in [6, 6.07) is 0. The number of hydrogen-bond acceptors (Lipinski definition) is 2. The van der Waals surface area contributed by atoms with Crippen molar-refractivity contribution in [2.75, 3.05) is 7.05 Å². The van der Waals surface area contributed by atoms with E-state index in [0.717, 1.165) is 0 Å². The van der Waals surface area contributed by atoms with Gasteiger partial charge in [0, 0.05) is 13.5 Å². The summed E-state index contributed by atoms with van der Waals surface area (Å²) in [4.78, 5) is 12.4. The summed E-state index contributed by atoms with van der Waals surface area (Å²) in [5, 5.41) is 9.22. The van der Waals surface area contributed by atoms with Gasteiger partial charge < -0.3 is 10.0 Å². The van der Waals surface area contributed by atoms with E-state index in [0.29, 0.717) is 18.8 Å². The molecule has 0 spiro atoms. The van der Waals surface area contributed by atoms with E-state index in [1.165, 1.54) is 4.90 Å². The van der Waals surface area contributed by atoms with Crippen molar-refractivity contribution in [2.24, 2.45) is 5.92 Å². The Labute approximate surface area is 60.6 Å². The Bertz CT molecular complexity index is 147. The van der Waals surface area contributed by atoms with Crippen LogP contribution in [-0.4, -0.2) is 29.2 Å². The van der Waals surface area contributed by atoms with Gasteiger partial charge in [0.1, 0.15) is 6.23 Å². The summed E-state index contributed by atoms with van der Waals surface area (Å²) in [6.07, 6.45) is 0.728. The van der Waals surface area contributed by atoms with E-state index in [1.54, 1.807) is 7.05 Å². The van der Waals surface area contributed by atoms with Crippen LogP contribution in [0.15, 0.2) is 0 Å². The van der Waals surface area contributed by atoms with Crippen molar-refractivity contribution in [1.29, 1.82) is 0 Å². The highest BCUT2D eigenvalue weighted by Crippen LogP contribution is 2.19. The number of nitrogens with zero attached hydrogens (tertiary/aromatic N) is 1. The van der Waals surface area contributed by atoms with Crippen LogP contribution in [0.3, 0.4) is 0 Å². The molecule has 1 rings (SSSR count). The van der Waals surface area contributed by atoms with Crippen LogP contribution in [0.4, 0.5) is 0 Å². The molecule has 3 nitrogen and oxygen atoms in total. The van der Waals surface area contributed by atoms with Gasteiger partial charge >= 0.3 is 0 Å². The smallest absolute Gasteiger partial charge is 0.224 e. The Morgan fingerprint density at radius 1 is 1.70 bits per heavy atom. The Kier molecular flexibility index (Phi) is 1.94. The Morgan fingerprint density at radius 3 is 2.80 bits per heavy atom. The van der Waals surface area contributed by atoms with Gasteiger partial charge in [0.2, 0.25) is 5.91 Å². The largest absolute Gasteiger partial charge is 0.374 e. The van der Waals surface area contributed by atoms with Gasteiger partial charge in [-0.15, -0.1) is 0 Å². The molecule has 58 valence electrons. The third-order valence-electron chi connectivity index (χ3n) is 1.98. The predicted octanol–water partition coefficient (Wildman–Crippen LogP) is 0.193. The summed E-state index contributed by atoms with van der Waals surface area (Å²) in [5.74, 6) is 0.380. The summed E-state index contributed by atoms with van der Waals surface area (Å²) in [5.41, 5.74) is 0. The molecule has 1 amide bonds. The Balaban J connectivity index is 2.57. The molecule has 1 N–H and O–H groups in total. The molecule has 1 heterocycles. The molecule has 0 radical (unpaired) electrons. The summed E-state index contributed by atoms with van der Waals surface area (Å²) in [6.45, 7) is 1.98. The zero-order valence-electron chi connectivity index (χ0n) is 6.37. The first-order valence-corrected chi connectivity index (χ1v) is 3.55. The minimum atomic E-state index is -0.559. The van der Waals surface area contributed by atoms with Crippen LogP contribution >= 0.6 is 0 Å². The number of carbonyl (C=O) groups is 1. The lowest BCUT2D eigenvalue weighted by Crippen LogP contribution is -2.43. The first-order chi connectivity index (χ1) is 4.61. The molecule has 1 aliphatic rings. The van der Waals surface area contributed by atoms with Crippen molar-refractivity contribution in [3.8, 4) is 0 Å². The van der Waals surface area contributed by atoms with Gasteiger partial charge in [-0.3, -0.25) is 4.79 Å². The number of aliphatic hydroxyl groups excluding tert-OH is 1. The van der Waals surface area contributed by atoms with Crippen molar-refractivity contribution in [3.05, 3.63) is 0 Å².